The van der Waals surface area contributed by atoms with E-state index in [1.807, 2.05) is 36.4 Å². The minimum absolute atomic E-state index is 0.458. The molecule has 4 heterocycles. The van der Waals surface area contributed by atoms with E-state index in [2.05, 4.69) is 40.3 Å². The van der Waals surface area contributed by atoms with Crippen LogP contribution in [0.2, 0.25) is 5.02 Å². The first kappa shape index (κ1) is 26.8. The van der Waals surface area contributed by atoms with Crippen LogP contribution in [0.1, 0.15) is 51.7 Å². The number of hydrogen-bond donors (Lipinski definition) is 2. The van der Waals surface area contributed by atoms with Crippen LogP contribution in [0.5, 0.6) is 0 Å². The highest BCUT2D eigenvalue weighted by molar-refractivity contribution is 7.80. The van der Waals surface area contributed by atoms with E-state index in [4.69, 9.17) is 38.2 Å². The van der Waals surface area contributed by atoms with Crippen molar-refractivity contribution in [2.24, 2.45) is 11.8 Å². The summed E-state index contributed by atoms with van der Waals surface area (Å²) < 4.78 is 6.00. The van der Waals surface area contributed by atoms with Gasteiger partial charge in [-0.15, -0.1) is 0 Å². The molecule has 2 aliphatic heterocycles. The van der Waals surface area contributed by atoms with Crippen LogP contribution >= 0.6 is 23.8 Å². The molecule has 38 heavy (non-hydrogen) atoms. The third kappa shape index (κ3) is 6.97. The van der Waals surface area contributed by atoms with Crippen LogP contribution in [-0.4, -0.2) is 41.3 Å². The fourth-order valence-electron chi connectivity index (χ4n) is 5.51. The third-order valence-corrected chi connectivity index (χ3v) is 7.76. The highest BCUT2D eigenvalue weighted by Gasteiger charge is 2.25. The van der Waals surface area contributed by atoms with Gasteiger partial charge in [0.05, 0.1) is 6.54 Å². The maximum atomic E-state index is 6.01. The summed E-state index contributed by atoms with van der Waals surface area (Å²) in [4.78, 5) is 14.6. The van der Waals surface area contributed by atoms with Gasteiger partial charge in [-0.25, -0.2) is 0 Å². The fraction of sp³-hybridized carbons (Fsp3) is 0.483. The van der Waals surface area contributed by atoms with Crippen molar-refractivity contribution in [2.45, 2.75) is 52.5 Å². The van der Waals surface area contributed by atoms with Gasteiger partial charge in [-0.3, -0.25) is 0 Å². The Kier molecular flexibility index (Phi) is 8.69. The van der Waals surface area contributed by atoms with E-state index in [9.17, 15) is 0 Å². The van der Waals surface area contributed by atoms with Gasteiger partial charge >= 0.3 is 0 Å². The molecule has 3 aromatic rings. The lowest BCUT2D eigenvalue weighted by Gasteiger charge is -2.36. The highest BCUT2D eigenvalue weighted by atomic mass is 35.5. The Hall–Kier alpha value is -2.84. The van der Waals surface area contributed by atoms with Crippen LogP contribution < -0.4 is 20.4 Å². The van der Waals surface area contributed by atoms with Crippen molar-refractivity contribution in [1.29, 1.82) is 0 Å². The number of hydrogen-bond acceptors (Lipinski definition) is 6. The summed E-state index contributed by atoms with van der Waals surface area (Å²) in [5.41, 5.74) is 0.981. The Bertz CT molecular complexity index is 1210. The number of piperidine rings is 1. The predicted octanol–water partition coefficient (Wildman–Crippen LogP) is 6.74. The number of thiocarbonyl (C=S) groups is 1. The highest BCUT2D eigenvalue weighted by Crippen LogP contribution is 2.29. The molecule has 2 atom stereocenters. The van der Waals surface area contributed by atoms with Crippen LogP contribution in [0.3, 0.4) is 0 Å². The van der Waals surface area contributed by atoms with E-state index in [-0.39, 0.29) is 0 Å². The normalized spacial score (nSPS) is 20.2. The van der Waals surface area contributed by atoms with E-state index in [0.29, 0.717) is 34.5 Å². The molecule has 1 aromatic carbocycles. The van der Waals surface area contributed by atoms with Crippen LogP contribution in [0.4, 0.5) is 17.6 Å². The van der Waals surface area contributed by atoms with Crippen molar-refractivity contribution in [3.8, 4) is 11.3 Å². The zero-order valence-corrected chi connectivity index (χ0v) is 23.8. The van der Waals surface area contributed by atoms with Crippen molar-refractivity contribution in [3.05, 3.63) is 53.2 Å². The summed E-state index contributed by atoms with van der Waals surface area (Å²) in [6.07, 6.45) is 6.20. The summed E-state index contributed by atoms with van der Waals surface area (Å²) >= 11 is 11.6. The molecule has 2 aliphatic rings. The number of nitrogens with one attached hydrogen (secondary N) is 2. The van der Waals surface area contributed by atoms with E-state index < -0.39 is 0 Å². The first-order valence-corrected chi connectivity index (χ1v) is 14.5. The second-order valence-corrected chi connectivity index (χ2v) is 11.6. The van der Waals surface area contributed by atoms with E-state index in [1.165, 1.54) is 32.1 Å². The minimum Gasteiger partial charge on any atom is -0.459 e. The minimum atomic E-state index is 0.458. The maximum Gasteiger partial charge on any atom is 0.232 e. The maximum absolute atomic E-state index is 6.01. The van der Waals surface area contributed by atoms with Gasteiger partial charge in [0.2, 0.25) is 5.95 Å². The Balaban J connectivity index is 1.28. The van der Waals surface area contributed by atoms with Crippen molar-refractivity contribution in [2.75, 3.05) is 41.3 Å². The van der Waals surface area contributed by atoms with E-state index in [0.717, 1.165) is 54.9 Å². The molecule has 2 fully saturated rings. The number of benzene rings is 1. The van der Waals surface area contributed by atoms with Crippen LogP contribution in [-0.2, 0) is 6.54 Å². The van der Waals surface area contributed by atoms with Gasteiger partial charge in [-0.2, -0.15) is 9.97 Å². The first-order chi connectivity index (χ1) is 18.4. The molecule has 9 heteroatoms. The van der Waals surface area contributed by atoms with Crippen molar-refractivity contribution >= 4 is 46.5 Å². The second kappa shape index (κ2) is 12.3. The van der Waals surface area contributed by atoms with Crippen molar-refractivity contribution in [3.63, 3.8) is 0 Å². The number of anilines is 3. The lowest BCUT2D eigenvalue weighted by molar-refractivity contribution is 0.355. The smallest absolute Gasteiger partial charge is 0.232 e. The molecular formula is C29H37ClN6OS. The SMILES string of the molecule is C[C@@H]1C[C@H](C)CN(c2cc(N3CCCCCC3)nc(NC(=S)NCc3ccc(-c4ccc(Cl)cc4)o3)n2)C1. The van der Waals surface area contributed by atoms with Gasteiger partial charge in [-0.05, 0) is 79.7 Å². The summed E-state index contributed by atoms with van der Waals surface area (Å²) in [6.45, 7) is 9.18. The fourth-order valence-corrected chi connectivity index (χ4v) is 5.80. The van der Waals surface area contributed by atoms with Gasteiger partial charge in [0, 0.05) is 42.8 Å². The molecular weight excluding hydrogens is 516 g/mol. The Morgan fingerprint density at radius 3 is 2.29 bits per heavy atom. The largest absolute Gasteiger partial charge is 0.459 e. The predicted molar refractivity (Wildman–Crippen MR) is 160 cm³/mol. The molecule has 2 N–H and O–H groups in total. The molecule has 5 rings (SSSR count). The quantitative estimate of drug-likeness (QED) is 0.326. The number of nitrogens with zero attached hydrogens (tertiary/aromatic N) is 4. The van der Waals surface area contributed by atoms with Crippen molar-refractivity contribution in [1.82, 2.24) is 15.3 Å². The lowest BCUT2D eigenvalue weighted by atomic mass is 9.92. The Morgan fingerprint density at radius 2 is 1.61 bits per heavy atom. The van der Waals surface area contributed by atoms with Crippen LogP contribution in [0.25, 0.3) is 11.3 Å². The molecule has 0 amide bonds. The monoisotopic (exact) mass is 552 g/mol. The van der Waals surface area contributed by atoms with Crippen LogP contribution in [0, 0.1) is 11.8 Å². The second-order valence-electron chi connectivity index (χ2n) is 10.7. The first-order valence-electron chi connectivity index (χ1n) is 13.7. The molecule has 0 bridgehead atoms. The van der Waals surface area contributed by atoms with Gasteiger partial charge in [0.15, 0.2) is 5.11 Å². The van der Waals surface area contributed by atoms with E-state index >= 15 is 0 Å². The third-order valence-electron chi connectivity index (χ3n) is 7.26. The molecule has 2 aromatic heterocycles. The molecule has 2 saturated heterocycles. The molecule has 202 valence electrons. The number of aromatic nitrogens is 2. The molecule has 0 spiro atoms. The zero-order valence-electron chi connectivity index (χ0n) is 22.3. The molecule has 0 radical (unpaired) electrons. The zero-order chi connectivity index (χ0) is 26.5. The summed E-state index contributed by atoms with van der Waals surface area (Å²) in [5.74, 6) is 5.34. The Labute approximate surface area is 236 Å². The molecule has 0 saturated carbocycles. The summed E-state index contributed by atoms with van der Waals surface area (Å²) in [6, 6.07) is 13.7. The molecule has 0 unspecified atom stereocenters. The van der Waals surface area contributed by atoms with Crippen molar-refractivity contribution < 1.29 is 4.42 Å². The van der Waals surface area contributed by atoms with Crippen LogP contribution in [0.15, 0.2) is 46.9 Å². The summed E-state index contributed by atoms with van der Waals surface area (Å²) in [5, 5.41) is 7.65. The van der Waals surface area contributed by atoms with Gasteiger partial charge in [0.25, 0.3) is 0 Å². The topological polar surface area (TPSA) is 69.5 Å². The van der Waals surface area contributed by atoms with Gasteiger partial charge in [-0.1, -0.05) is 38.3 Å². The number of rotatable bonds is 6. The summed E-state index contributed by atoms with van der Waals surface area (Å²) in [7, 11) is 0. The number of furan rings is 1. The lowest BCUT2D eigenvalue weighted by Crippen LogP contribution is -2.39. The number of halogens is 1. The molecule has 7 nitrogen and oxygen atoms in total. The molecule has 0 aliphatic carbocycles. The Morgan fingerprint density at radius 1 is 0.947 bits per heavy atom. The van der Waals surface area contributed by atoms with Gasteiger partial charge < -0.3 is 24.9 Å². The average Bonchev–Trinajstić information content (AvgIpc) is 3.20. The van der Waals surface area contributed by atoms with Gasteiger partial charge in [0.1, 0.15) is 23.2 Å². The standard InChI is InChI=1S/C29H37ClN6OS/c1-20-15-21(2)19-36(18-20)27-16-26(35-13-5-3-4-6-14-35)32-28(33-27)34-29(38)31-17-24-11-12-25(37-24)22-7-9-23(30)10-8-22/h7-12,16,20-21H,3-6,13-15,17-19H2,1-2H3,(H2,31,32,33,34,38)/t20-,21+. The average molecular weight is 553 g/mol. The van der Waals surface area contributed by atoms with E-state index in [1.54, 1.807) is 0 Å².